The molecule has 1 heterocycles. The highest BCUT2D eigenvalue weighted by atomic mass is 16.5. The van der Waals surface area contributed by atoms with E-state index >= 15 is 0 Å². The van der Waals surface area contributed by atoms with Gasteiger partial charge in [-0.2, -0.15) is 0 Å². The Labute approximate surface area is 148 Å². The van der Waals surface area contributed by atoms with Gasteiger partial charge in [0.2, 0.25) is 0 Å². The van der Waals surface area contributed by atoms with Gasteiger partial charge < -0.3 is 20.1 Å². The monoisotopic (exact) mass is 345 g/mol. The lowest BCUT2D eigenvalue weighted by atomic mass is 9.80. The molecule has 1 aromatic heterocycles. The molecule has 1 aliphatic carbocycles. The second-order valence-electron chi connectivity index (χ2n) is 6.89. The summed E-state index contributed by atoms with van der Waals surface area (Å²) < 4.78 is 7.43. The van der Waals surface area contributed by atoms with E-state index in [-0.39, 0.29) is 11.8 Å². The molecule has 1 aromatic carbocycles. The summed E-state index contributed by atoms with van der Waals surface area (Å²) in [5, 5.41) is 18.5. The summed E-state index contributed by atoms with van der Waals surface area (Å²) in [4.78, 5) is 2.17. The first-order valence-electron chi connectivity index (χ1n) is 8.69. The number of phenolic OH excluding ortho intramolecular Hbond substituents is 1. The molecule has 25 heavy (non-hydrogen) atoms. The third kappa shape index (κ3) is 4.36. The zero-order chi connectivity index (χ0) is 17.8. The summed E-state index contributed by atoms with van der Waals surface area (Å²) in [6.45, 7) is 2.80. The van der Waals surface area contributed by atoms with Crippen LogP contribution >= 0.6 is 0 Å². The molecular formula is C18H27N5O2. The van der Waals surface area contributed by atoms with E-state index in [0.717, 1.165) is 43.1 Å². The molecule has 7 heteroatoms. The number of aromatic hydroxyl groups is 1. The number of methoxy groups -OCH3 is 1. The standard InChI is InChI=1S/C18H27N5O2/c1-22(11-13-4-3-5-16(24)8-13)12-17-20-21-18(14-9-15(19)10-14)23(17)6-7-25-2/h3-5,8,14-15,24H,6-7,9-12,19H2,1-2H3. The van der Waals surface area contributed by atoms with Crippen LogP contribution in [0.15, 0.2) is 24.3 Å². The van der Waals surface area contributed by atoms with Gasteiger partial charge in [0, 0.05) is 32.2 Å². The summed E-state index contributed by atoms with van der Waals surface area (Å²) in [7, 11) is 3.75. The van der Waals surface area contributed by atoms with Gasteiger partial charge >= 0.3 is 0 Å². The van der Waals surface area contributed by atoms with Crippen LogP contribution in [-0.4, -0.2) is 51.6 Å². The molecule has 0 unspecified atom stereocenters. The van der Waals surface area contributed by atoms with Crippen molar-refractivity contribution < 1.29 is 9.84 Å². The van der Waals surface area contributed by atoms with E-state index in [1.165, 1.54) is 0 Å². The Morgan fingerprint density at radius 3 is 2.80 bits per heavy atom. The number of phenols is 1. The first-order chi connectivity index (χ1) is 12.1. The molecule has 0 spiro atoms. The van der Waals surface area contributed by atoms with Gasteiger partial charge in [-0.15, -0.1) is 10.2 Å². The minimum atomic E-state index is 0.287. The predicted molar refractivity (Wildman–Crippen MR) is 95.1 cm³/mol. The van der Waals surface area contributed by atoms with Gasteiger partial charge in [0.05, 0.1) is 13.2 Å². The highest BCUT2D eigenvalue weighted by molar-refractivity contribution is 5.27. The fourth-order valence-corrected chi connectivity index (χ4v) is 3.33. The molecule has 7 nitrogen and oxygen atoms in total. The van der Waals surface area contributed by atoms with Crippen molar-refractivity contribution in [1.82, 2.24) is 19.7 Å². The van der Waals surface area contributed by atoms with Crippen molar-refractivity contribution in [2.75, 3.05) is 20.8 Å². The van der Waals surface area contributed by atoms with Crippen LogP contribution in [0.4, 0.5) is 0 Å². The van der Waals surface area contributed by atoms with Crippen LogP contribution in [0.25, 0.3) is 0 Å². The van der Waals surface area contributed by atoms with E-state index in [2.05, 4.69) is 19.7 Å². The lowest BCUT2D eigenvalue weighted by Crippen LogP contribution is -2.36. The van der Waals surface area contributed by atoms with Crippen molar-refractivity contribution in [2.45, 2.75) is 44.4 Å². The minimum absolute atomic E-state index is 0.287. The van der Waals surface area contributed by atoms with E-state index in [1.807, 2.05) is 19.2 Å². The van der Waals surface area contributed by atoms with Crippen LogP contribution in [0, 0.1) is 0 Å². The van der Waals surface area contributed by atoms with E-state index in [1.54, 1.807) is 19.2 Å². The van der Waals surface area contributed by atoms with Crippen LogP contribution in [0.5, 0.6) is 5.75 Å². The van der Waals surface area contributed by atoms with Gasteiger partial charge in [0.1, 0.15) is 17.4 Å². The zero-order valence-electron chi connectivity index (χ0n) is 14.9. The first kappa shape index (κ1) is 17.8. The normalized spacial score (nSPS) is 20.0. The average molecular weight is 345 g/mol. The fraction of sp³-hybridized carbons (Fsp3) is 0.556. The van der Waals surface area contributed by atoms with Crippen molar-refractivity contribution in [3.63, 3.8) is 0 Å². The maximum atomic E-state index is 9.61. The molecule has 0 saturated heterocycles. The quantitative estimate of drug-likeness (QED) is 0.753. The van der Waals surface area contributed by atoms with Gasteiger partial charge in [0.25, 0.3) is 0 Å². The number of hydrogen-bond acceptors (Lipinski definition) is 6. The van der Waals surface area contributed by atoms with Crippen molar-refractivity contribution in [2.24, 2.45) is 5.73 Å². The van der Waals surface area contributed by atoms with Crippen molar-refractivity contribution in [3.8, 4) is 5.75 Å². The molecule has 0 bridgehead atoms. The van der Waals surface area contributed by atoms with E-state index in [9.17, 15) is 5.11 Å². The second kappa shape index (κ2) is 7.95. The Morgan fingerprint density at radius 2 is 2.12 bits per heavy atom. The molecule has 2 aromatic rings. The van der Waals surface area contributed by atoms with Crippen LogP contribution in [0.2, 0.25) is 0 Å². The number of nitrogens with two attached hydrogens (primary N) is 1. The lowest BCUT2D eigenvalue weighted by Gasteiger charge is -2.32. The van der Waals surface area contributed by atoms with Gasteiger partial charge in [-0.05, 0) is 37.6 Å². The van der Waals surface area contributed by atoms with Crippen LogP contribution in [0.1, 0.15) is 36.0 Å². The second-order valence-corrected chi connectivity index (χ2v) is 6.89. The summed E-state index contributed by atoms with van der Waals surface area (Å²) in [6.07, 6.45) is 1.95. The Morgan fingerprint density at radius 1 is 1.32 bits per heavy atom. The van der Waals surface area contributed by atoms with Gasteiger partial charge in [0.15, 0.2) is 0 Å². The zero-order valence-corrected chi connectivity index (χ0v) is 14.9. The topological polar surface area (TPSA) is 89.4 Å². The molecule has 0 aliphatic heterocycles. The molecule has 1 aliphatic rings. The number of hydrogen-bond donors (Lipinski definition) is 2. The predicted octanol–water partition coefficient (Wildman–Crippen LogP) is 1.47. The van der Waals surface area contributed by atoms with Crippen molar-refractivity contribution >= 4 is 0 Å². The summed E-state index contributed by atoms with van der Waals surface area (Å²) in [6, 6.07) is 7.62. The third-order valence-electron chi connectivity index (χ3n) is 4.69. The molecule has 1 saturated carbocycles. The van der Waals surface area contributed by atoms with E-state index < -0.39 is 0 Å². The number of ether oxygens (including phenoxy) is 1. The van der Waals surface area contributed by atoms with Crippen LogP contribution in [-0.2, 0) is 24.4 Å². The number of benzene rings is 1. The molecule has 0 atom stereocenters. The number of rotatable bonds is 8. The molecule has 136 valence electrons. The summed E-state index contributed by atoms with van der Waals surface area (Å²) in [5.41, 5.74) is 7.00. The Bertz CT molecular complexity index is 697. The van der Waals surface area contributed by atoms with Crippen LogP contribution < -0.4 is 5.73 Å². The molecule has 1 fully saturated rings. The Kier molecular flexibility index (Phi) is 5.67. The smallest absolute Gasteiger partial charge is 0.147 e. The molecule has 3 rings (SSSR count). The van der Waals surface area contributed by atoms with Gasteiger partial charge in [-0.25, -0.2) is 0 Å². The van der Waals surface area contributed by atoms with Gasteiger partial charge in [-0.3, -0.25) is 4.90 Å². The molecule has 0 amide bonds. The Hall–Kier alpha value is -1.96. The maximum Gasteiger partial charge on any atom is 0.147 e. The average Bonchev–Trinajstić information content (AvgIpc) is 2.92. The highest BCUT2D eigenvalue weighted by Crippen LogP contribution is 2.34. The SMILES string of the molecule is COCCn1c(CN(C)Cc2cccc(O)c2)nnc1C1CC(N)C1. The lowest BCUT2D eigenvalue weighted by molar-refractivity contribution is 0.181. The first-order valence-corrected chi connectivity index (χ1v) is 8.69. The fourth-order valence-electron chi connectivity index (χ4n) is 3.33. The molecular weight excluding hydrogens is 318 g/mol. The summed E-state index contributed by atoms with van der Waals surface area (Å²) in [5.74, 6) is 2.66. The van der Waals surface area contributed by atoms with Crippen molar-refractivity contribution in [1.29, 1.82) is 0 Å². The molecule has 0 radical (unpaired) electrons. The highest BCUT2D eigenvalue weighted by Gasteiger charge is 2.32. The Balaban J connectivity index is 1.70. The van der Waals surface area contributed by atoms with E-state index in [0.29, 0.717) is 19.1 Å². The largest absolute Gasteiger partial charge is 0.508 e. The van der Waals surface area contributed by atoms with Crippen LogP contribution in [0.3, 0.4) is 0 Å². The number of aromatic nitrogens is 3. The van der Waals surface area contributed by atoms with Gasteiger partial charge in [-0.1, -0.05) is 12.1 Å². The van der Waals surface area contributed by atoms with E-state index in [4.69, 9.17) is 10.5 Å². The maximum absolute atomic E-state index is 9.61. The third-order valence-corrected chi connectivity index (χ3v) is 4.69. The van der Waals surface area contributed by atoms with Crippen molar-refractivity contribution in [3.05, 3.63) is 41.5 Å². The molecule has 3 N–H and O–H groups in total. The minimum Gasteiger partial charge on any atom is -0.508 e. The summed E-state index contributed by atoms with van der Waals surface area (Å²) >= 11 is 0. The number of nitrogens with zero attached hydrogens (tertiary/aromatic N) is 4.